The average molecular weight is 296 g/mol. The van der Waals surface area contributed by atoms with E-state index in [1.807, 2.05) is 6.92 Å². The summed E-state index contributed by atoms with van der Waals surface area (Å²) in [5.41, 5.74) is 12.1. The van der Waals surface area contributed by atoms with E-state index in [9.17, 15) is 4.79 Å². The van der Waals surface area contributed by atoms with Gasteiger partial charge in [-0.1, -0.05) is 0 Å². The van der Waals surface area contributed by atoms with E-state index in [4.69, 9.17) is 30.4 Å². The molecule has 1 saturated heterocycles. The van der Waals surface area contributed by atoms with Crippen molar-refractivity contribution in [3.05, 3.63) is 17.7 Å². The topological polar surface area (TPSA) is 106 Å². The van der Waals surface area contributed by atoms with Gasteiger partial charge in [-0.05, 0) is 25.5 Å². The van der Waals surface area contributed by atoms with Gasteiger partial charge in [-0.25, -0.2) is 0 Å². The molecule has 4 N–H and O–H groups in total. The smallest absolute Gasteiger partial charge is 0.255 e. The lowest BCUT2D eigenvalue weighted by molar-refractivity contribution is -0.183. The fourth-order valence-corrected chi connectivity index (χ4v) is 2.02. The van der Waals surface area contributed by atoms with Gasteiger partial charge < -0.3 is 30.4 Å². The monoisotopic (exact) mass is 296 g/mol. The molecule has 1 fully saturated rings. The van der Waals surface area contributed by atoms with E-state index in [-0.39, 0.29) is 6.61 Å². The third-order valence-electron chi connectivity index (χ3n) is 2.86. The number of primary amides is 1. The Labute approximate surface area is 123 Å². The molecule has 0 radical (unpaired) electrons. The standard InChI is InChI=1S/C14H20N2O5/c1-2-18-11-7-9(14-19-4-3-5-20-14)6-10(15)13(11)21-8-12(16)17/h6-7,14H,2-5,8,15H2,1H3,(H2,16,17). The number of nitrogens with two attached hydrogens (primary N) is 2. The minimum Gasteiger partial charge on any atom is -0.490 e. The van der Waals surface area contributed by atoms with Gasteiger partial charge in [0.15, 0.2) is 24.4 Å². The Bertz CT molecular complexity index is 500. The number of rotatable bonds is 6. The second kappa shape index (κ2) is 7.14. The molecule has 0 atom stereocenters. The van der Waals surface area contributed by atoms with Crippen LogP contribution >= 0.6 is 0 Å². The highest BCUT2D eigenvalue weighted by atomic mass is 16.7. The number of nitrogen functional groups attached to an aromatic ring is 1. The number of ether oxygens (including phenoxy) is 4. The highest BCUT2D eigenvalue weighted by Crippen LogP contribution is 2.38. The van der Waals surface area contributed by atoms with Crippen LogP contribution < -0.4 is 20.9 Å². The van der Waals surface area contributed by atoms with Crippen molar-refractivity contribution in [3.8, 4) is 11.5 Å². The minimum absolute atomic E-state index is 0.264. The summed E-state index contributed by atoms with van der Waals surface area (Å²) in [6.45, 7) is 3.28. The molecule has 0 spiro atoms. The normalized spacial score (nSPS) is 15.7. The molecule has 1 aromatic rings. The molecule has 1 aliphatic heterocycles. The van der Waals surface area contributed by atoms with E-state index in [2.05, 4.69) is 0 Å². The van der Waals surface area contributed by atoms with Crippen LogP contribution in [0.15, 0.2) is 12.1 Å². The molecule has 0 saturated carbocycles. The third kappa shape index (κ3) is 3.99. The molecule has 0 bridgehead atoms. The van der Waals surface area contributed by atoms with Gasteiger partial charge >= 0.3 is 0 Å². The van der Waals surface area contributed by atoms with Crippen LogP contribution in [0, 0.1) is 0 Å². The lowest BCUT2D eigenvalue weighted by Crippen LogP contribution is -2.21. The maximum atomic E-state index is 10.8. The summed E-state index contributed by atoms with van der Waals surface area (Å²) in [6.07, 6.45) is 0.398. The fourth-order valence-electron chi connectivity index (χ4n) is 2.02. The molecular weight excluding hydrogens is 276 g/mol. The van der Waals surface area contributed by atoms with Crippen molar-refractivity contribution < 1.29 is 23.7 Å². The number of hydrogen-bond donors (Lipinski definition) is 2. The van der Waals surface area contributed by atoms with E-state index in [1.54, 1.807) is 12.1 Å². The van der Waals surface area contributed by atoms with Crippen molar-refractivity contribution >= 4 is 11.6 Å². The predicted molar refractivity (Wildman–Crippen MR) is 76.0 cm³/mol. The Kier molecular flexibility index (Phi) is 5.24. The first kappa shape index (κ1) is 15.4. The molecule has 116 valence electrons. The quantitative estimate of drug-likeness (QED) is 0.758. The van der Waals surface area contributed by atoms with Gasteiger partial charge in [0.1, 0.15) is 0 Å². The van der Waals surface area contributed by atoms with Crippen LogP contribution in [0.25, 0.3) is 0 Å². The van der Waals surface area contributed by atoms with Crippen molar-refractivity contribution in [2.45, 2.75) is 19.6 Å². The lowest BCUT2D eigenvalue weighted by atomic mass is 10.1. The highest BCUT2D eigenvalue weighted by molar-refractivity contribution is 5.76. The highest BCUT2D eigenvalue weighted by Gasteiger charge is 2.21. The Morgan fingerprint density at radius 3 is 2.67 bits per heavy atom. The summed E-state index contributed by atoms with van der Waals surface area (Å²) in [7, 11) is 0. The first-order valence-corrected chi connectivity index (χ1v) is 6.82. The first-order valence-electron chi connectivity index (χ1n) is 6.82. The van der Waals surface area contributed by atoms with E-state index >= 15 is 0 Å². The van der Waals surface area contributed by atoms with Gasteiger partial charge in [0.2, 0.25) is 0 Å². The SMILES string of the molecule is CCOc1cc(C2OCCCO2)cc(N)c1OCC(N)=O. The first-order chi connectivity index (χ1) is 10.1. The Hall–Kier alpha value is -1.99. The molecule has 1 amide bonds. The van der Waals surface area contributed by atoms with E-state index in [1.165, 1.54) is 0 Å². The number of hydrogen-bond acceptors (Lipinski definition) is 6. The van der Waals surface area contributed by atoms with Crippen LogP contribution in [0.2, 0.25) is 0 Å². The fraction of sp³-hybridized carbons (Fsp3) is 0.500. The van der Waals surface area contributed by atoms with E-state index in [0.29, 0.717) is 37.0 Å². The lowest BCUT2D eigenvalue weighted by Gasteiger charge is -2.25. The maximum Gasteiger partial charge on any atom is 0.255 e. The van der Waals surface area contributed by atoms with Crippen LogP contribution in [-0.4, -0.2) is 32.3 Å². The molecule has 21 heavy (non-hydrogen) atoms. The van der Waals surface area contributed by atoms with Gasteiger partial charge in [0.25, 0.3) is 5.91 Å². The van der Waals surface area contributed by atoms with Gasteiger partial charge in [-0.15, -0.1) is 0 Å². The zero-order valence-corrected chi connectivity index (χ0v) is 12.0. The van der Waals surface area contributed by atoms with Crippen molar-refractivity contribution in [1.29, 1.82) is 0 Å². The van der Waals surface area contributed by atoms with Crippen molar-refractivity contribution in [3.63, 3.8) is 0 Å². The number of anilines is 1. The van der Waals surface area contributed by atoms with Gasteiger partial charge in [0.05, 0.1) is 25.5 Å². The molecule has 1 aromatic carbocycles. The van der Waals surface area contributed by atoms with Crippen LogP contribution in [0.1, 0.15) is 25.2 Å². The summed E-state index contributed by atoms with van der Waals surface area (Å²) in [6, 6.07) is 3.43. The predicted octanol–water partition coefficient (Wildman–Crippen LogP) is 0.967. The maximum absolute atomic E-state index is 10.8. The molecule has 1 aliphatic rings. The van der Waals surface area contributed by atoms with Gasteiger partial charge in [-0.3, -0.25) is 4.79 Å². The largest absolute Gasteiger partial charge is 0.490 e. The molecule has 7 nitrogen and oxygen atoms in total. The molecule has 0 aliphatic carbocycles. The number of benzene rings is 1. The Balaban J connectivity index is 2.26. The molecule has 1 heterocycles. The number of carbonyl (C=O) groups excluding carboxylic acids is 1. The molecule has 0 unspecified atom stereocenters. The average Bonchev–Trinajstić information content (AvgIpc) is 2.47. The van der Waals surface area contributed by atoms with Crippen LogP contribution in [-0.2, 0) is 14.3 Å². The van der Waals surface area contributed by atoms with Crippen molar-refractivity contribution in [2.24, 2.45) is 5.73 Å². The molecule has 7 heteroatoms. The molecule has 0 aromatic heterocycles. The number of amides is 1. The Morgan fingerprint density at radius 1 is 1.33 bits per heavy atom. The zero-order chi connectivity index (χ0) is 15.2. The van der Waals surface area contributed by atoms with Gasteiger partial charge in [-0.2, -0.15) is 0 Å². The summed E-state index contributed by atoms with van der Waals surface area (Å²) < 4.78 is 21.9. The van der Waals surface area contributed by atoms with Crippen molar-refractivity contribution in [1.82, 2.24) is 0 Å². The number of carbonyl (C=O) groups is 1. The second-order valence-corrected chi connectivity index (χ2v) is 4.55. The summed E-state index contributed by atoms with van der Waals surface area (Å²) in [5, 5.41) is 0. The second-order valence-electron chi connectivity index (χ2n) is 4.55. The van der Waals surface area contributed by atoms with Gasteiger partial charge in [0, 0.05) is 5.56 Å². The van der Waals surface area contributed by atoms with Crippen LogP contribution in [0.4, 0.5) is 5.69 Å². The third-order valence-corrected chi connectivity index (χ3v) is 2.86. The zero-order valence-electron chi connectivity index (χ0n) is 12.0. The summed E-state index contributed by atoms with van der Waals surface area (Å²) in [5.74, 6) is 0.154. The molecular formula is C14H20N2O5. The summed E-state index contributed by atoms with van der Waals surface area (Å²) in [4.78, 5) is 10.8. The Morgan fingerprint density at radius 2 is 2.05 bits per heavy atom. The van der Waals surface area contributed by atoms with E-state index < -0.39 is 12.2 Å². The van der Waals surface area contributed by atoms with Crippen LogP contribution in [0.5, 0.6) is 11.5 Å². The van der Waals surface area contributed by atoms with E-state index in [0.717, 1.165) is 12.0 Å². The summed E-state index contributed by atoms with van der Waals surface area (Å²) >= 11 is 0. The van der Waals surface area contributed by atoms with Crippen molar-refractivity contribution in [2.75, 3.05) is 32.2 Å². The molecule has 2 rings (SSSR count). The minimum atomic E-state index is -0.583. The van der Waals surface area contributed by atoms with Crippen LogP contribution in [0.3, 0.4) is 0 Å².